The summed E-state index contributed by atoms with van der Waals surface area (Å²) in [6, 6.07) is 69.4. The third kappa shape index (κ3) is 4.98. The molecule has 57 heavy (non-hydrogen) atoms. The van der Waals surface area contributed by atoms with E-state index in [1.165, 1.54) is 71.2 Å². The van der Waals surface area contributed by atoms with E-state index in [0.717, 1.165) is 27.9 Å². The van der Waals surface area contributed by atoms with E-state index < -0.39 is 0 Å². The summed E-state index contributed by atoms with van der Waals surface area (Å²) in [7, 11) is 0. The van der Waals surface area contributed by atoms with Gasteiger partial charge in [0.25, 0.3) is 0 Å². The zero-order valence-electron chi connectivity index (χ0n) is 30.8. The maximum atomic E-state index is 5.10. The minimum Gasteiger partial charge on any atom is -0.309 e. The van der Waals surface area contributed by atoms with Crippen LogP contribution in [0.3, 0.4) is 0 Å². The number of rotatable bonds is 5. The zero-order valence-corrected chi connectivity index (χ0v) is 30.8. The van der Waals surface area contributed by atoms with Crippen LogP contribution in [-0.2, 0) is 0 Å². The van der Waals surface area contributed by atoms with Crippen molar-refractivity contribution in [1.82, 2.24) is 19.5 Å². The van der Waals surface area contributed by atoms with Gasteiger partial charge in [-0.3, -0.25) is 0 Å². The van der Waals surface area contributed by atoms with Gasteiger partial charge in [-0.05, 0) is 91.3 Å². The van der Waals surface area contributed by atoms with Gasteiger partial charge in [0, 0.05) is 33.2 Å². The first-order valence-electron chi connectivity index (χ1n) is 19.4. The van der Waals surface area contributed by atoms with Crippen LogP contribution in [0, 0.1) is 0 Å². The Hall–Kier alpha value is -7.69. The number of fused-ring (bicyclic) bond motifs is 7. The maximum absolute atomic E-state index is 5.10. The zero-order chi connectivity index (χ0) is 37.5. The Balaban J connectivity index is 1.12. The summed E-state index contributed by atoms with van der Waals surface area (Å²) < 4.78 is 2.46. The van der Waals surface area contributed by atoms with Gasteiger partial charge < -0.3 is 4.57 Å². The molecule has 0 atom stereocenters. The molecule has 4 heteroatoms. The SMILES string of the molecule is c1ccc(-c2nc(-c3ccccc3)nc(-c3cccc(-c4cc(-n5c6ccccc6c6cc7ccccc7cc65)cc5c4-c4cccc6cccc-5c46)c3)n2)cc1. The highest BCUT2D eigenvalue weighted by Gasteiger charge is 2.27. The van der Waals surface area contributed by atoms with Gasteiger partial charge in [0.15, 0.2) is 17.5 Å². The molecule has 4 nitrogen and oxygen atoms in total. The fraction of sp³-hybridized carbons (Fsp3) is 0. The number of para-hydroxylation sites is 1. The molecule has 0 aliphatic heterocycles. The Labute approximate surface area is 329 Å². The molecule has 11 aromatic rings. The van der Waals surface area contributed by atoms with Crippen molar-refractivity contribution in [2.45, 2.75) is 0 Å². The van der Waals surface area contributed by atoms with Gasteiger partial charge in [-0.15, -0.1) is 0 Å². The molecule has 0 amide bonds. The summed E-state index contributed by atoms with van der Waals surface area (Å²) >= 11 is 0. The largest absolute Gasteiger partial charge is 0.309 e. The van der Waals surface area contributed by atoms with Crippen LogP contribution in [0.15, 0.2) is 194 Å². The molecule has 2 aromatic heterocycles. The topological polar surface area (TPSA) is 43.6 Å². The van der Waals surface area contributed by atoms with Crippen molar-refractivity contribution in [2.75, 3.05) is 0 Å². The molecule has 12 rings (SSSR count). The van der Waals surface area contributed by atoms with E-state index in [-0.39, 0.29) is 0 Å². The van der Waals surface area contributed by atoms with Crippen LogP contribution in [0.25, 0.3) is 117 Å². The minimum absolute atomic E-state index is 0.636. The number of hydrogen-bond acceptors (Lipinski definition) is 3. The molecule has 0 saturated heterocycles. The second-order valence-corrected chi connectivity index (χ2v) is 14.8. The molecule has 0 radical (unpaired) electrons. The molecule has 2 heterocycles. The van der Waals surface area contributed by atoms with Crippen molar-refractivity contribution in [3.8, 4) is 73.2 Å². The summed E-state index contributed by atoms with van der Waals surface area (Å²) in [5, 5.41) is 7.50. The Morgan fingerprint density at radius 2 is 0.860 bits per heavy atom. The highest BCUT2D eigenvalue weighted by Crippen LogP contribution is 2.52. The van der Waals surface area contributed by atoms with Crippen LogP contribution in [0.2, 0.25) is 0 Å². The van der Waals surface area contributed by atoms with E-state index in [0.29, 0.717) is 17.5 Å². The van der Waals surface area contributed by atoms with E-state index in [4.69, 9.17) is 15.0 Å². The lowest BCUT2D eigenvalue weighted by molar-refractivity contribution is 1.07. The van der Waals surface area contributed by atoms with Crippen LogP contribution in [0.5, 0.6) is 0 Å². The monoisotopic (exact) mass is 724 g/mol. The van der Waals surface area contributed by atoms with Crippen molar-refractivity contribution in [1.29, 1.82) is 0 Å². The predicted molar refractivity (Wildman–Crippen MR) is 235 cm³/mol. The van der Waals surface area contributed by atoms with Gasteiger partial charge >= 0.3 is 0 Å². The molecular weight excluding hydrogens is 693 g/mol. The van der Waals surface area contributed by atoms with Gasteiger partial charge in [-0.1, -0.05) is 158 Å². The molecule has 9 aromatic carbocycles. The van der Waals surface area contributed by atoms with E-state index in [1.54, 1.807) is 0 Å². The summed E-state index contributed by atoms with van der Waals surface area (Å²) in [6.07, 6.45) is 0. The third-order valence-corrected chi connectivity index (χ3v) is 11.5. The van der Waals surface area contributed by atoms with Crippen molar-refractivity contribution in [3.63, 3.8) is 0 Å². The van der Waals surface area contributed by atoms with E-state index >= 15 is 0 Å². The predicted octanol–water partition coefficient (Wildman–Crippen LogP) is 13.6. The third-order valence-electron chi connectivity index (χ3n) is 11.5. The lowest BCUT2D eigenvalue weighted by Crippen LogP contribution is -2.00. The first-order valence-corrected chi connectivity index (χ1v) is 19.4. The number of aromatic nitrogens is 4. The average molecular weight is 725 g/mol. The molecule has 0 N–H and O–H groups in total. The molecule has 0 spiro atoms. The van der Waals surface area contributed by atoms with E-state index in [2.05, 4.69) is 162 Å². The summed E-state index contributed by atoms with van der Waals surface area (Å²) in [4.78, 5) is 15.1. The molecule has 1 aliphatic carbocycles. The van der Waals surface area contributed by atoms with Crippen LogP contribution in [0.1, 0.15) is 0 Å². The highest BCUT2D eigenvalue weighted by molar-refractivity contribution is 6.19. The lowest BCUT2D eigenvalue weighted by atomic mass is 9.91. The van der Waals surface area contributed by atoms with Crippen LogP contribution in [0.4, 0.5) is 0 Å². The summed E-state index contributed by atoms with van der Waals surface area (Å²) in [6.45, 7) is 0. The first-order chi connectivity index (χ1) is 28.2. The Bertz CT molecular complexity index is 3340. The molecule has 0 saturated carbocycles. The summed E-state index contributed by atoms with van der Waals surface area (Å²) in [5.74, 6) is 1.93. The van der Waals surface area contributed by atoms with Gasteiger partial charge in [-0.2, -0.15) is 0 Å². The smallest absolute Gasteiger partial charge is 0.164 e. The second-order valence-electron chi connectivity index (χ2n) is 14.8. The van der Waals surface area contributed by atoms with Crippen LogP contribution >= 0.6 is 0 Å². The van der Waals surface area contributed by atoms with Gasteiger partial charge in [-0.25, -0.2) is 15.0 Å². The van der Waals surface area contributed by atoms with E-state index in [1.807, 2.05) is 36.4 Å². The number of nitrogens with zero attached hydrogens (tertiary/aromatic N) is 4. The maximum Gasteiger partial charge on any atom is 0.164 e. The standard InChI is InChI=1S/C53H32N4/c1-3-14-34(15-4-1)51-54-52(35-16-5-2-6-17-35)56-53(55-51)39-23-11-22-38(28-39)44-31-40(32-46-42-25-12-20-33-21-13-26-43(49(33)42)50(44)46)57-47-27-10-9-24-41(47)45-29-36-18-7-8-19-37(36)30-48(45)57/h1-32H. The number of benzene rings is 9. The van der Waals surface area contributed by atoms with Crippen molar-refractivity contribution in [3.05, 3.63) is 194 Å². The van der Waals surface area contributed by atoms with Gasteiger partial charge in [0.1, 0.15) is 0 Å². The normalized spacial score (nSPS) is 11.9. The lowest BCUT2D eigenvalue weighted by Gasteiger charge is -2.17. The van der Waals surface area contributed by atoms with Crippen molar-refractivity contribution < 1.29 is 0 Å². The Kier molecular flexibility index (Phi) is 6.89. The Morgan fingerprint density at radius 3 is 1.60 bits per heavy atom. The minimum atomic E-state index is 0.636. The number of hydrogen-bond donors (Lipinski definition) is 0. The fourth-order valence-electron chi connectivity index (χ4n) is 8.96. The molecule has 0 bridgehead atoms. The summed E-state index contributed by atoms with van der Waals surface area (Å²) in [5.41, 5.74) is 13.6. The van der Waals surface area contributed by atoms with Crippen LogP contribution in [-0.4, -0.2) is 19.5 Å². The fourth-order valence-corrected chi connectivity index (χ4v) is 8.96. The molecule has 264 valence electrons. The van der Waals surface area contributed by atoms with Gasteiger partial charge in [0.05, 0.1) is 11.0 Å². The molecule has 0 fully saturated rings. The average Bonchev–Trinajstić information content (AvgIpc) is 3.79. The molecule has 0 unspecified atom stereocenters. The van der Waals surface area contributed by atoms with Crippen molar-refractivity contribution >= 4 is 43.4 Å². The molecular formula is C53H32N4. The van der Waals surface area contributed by atoms with Crippen LogP contribution < -0.4 is 0 Å². The molecule has 1 aliphatic rings. The van der Waals surface area contributed by atoms with Crippen molar-refractivity contribution in [2.24, 2.45) is 0 Å². The quantitative estimate of drug-likeness (QED) is 0.177. The van der Waals surface area contributed by atoms with Gasteiger partial charge in [0.2, 0.25) is 0 Å². The highest BCUT2D eigenvalue weighted by atomic mass is 15.0. The van der Waals surface area contributed by atoms with E-state index in [9.17, 15) is 0 Å². The second kappa shape index (κ2) is 12.4. The Morgan fingerprint density at radius 1 is 0.316 bits per heavy atom. The first kappa shape index (κ1) is 31.6.